The van der Waals surface area contributed by atoms with Gasteiger partial charge in [-0.15, -0.1) is 11.8 Å². The van der Waals surface area contributed by atoms with Crippen molar-refractivity contribution in [3.63, 3.8) is 0 Å². The lowest BCUT2D eigenvalue weighted by atomic mass is 9.96. The quantitative estimate of drug-likeness (QED) is 0.731. The minimum atomic E-state index is -0.366. The molecule has 1 N–H and O–H groups in total. The maximum absolute atomic E-state index is 10.3. The summed E-state index contributed by atoms with van der Waals surface area (Å²) in [6.45, 7) is 2.26. The van der Waals surface area contributed by atoms with Crippen LogP contribution in [0.3, 0.4) is 0 Å². The first-order chi connectivity index (χ1) is 6.24. The molecule has 1 aliphatic heterocycles. The van der Waals surface area contributed by atoms with Crippen LogP contribution in [0.2, 0.25) is 0 Å². The fourth-order valence-corrected chi connectivity index (χ4v) is 5.64. The van der Waals surface area contributed by atoms with Crippen LogP contribution in [0, 0.1) is 0 Å². The normalized spacial score (nSPS) is 45.7. The van der Waals surface area contributed by atoms with Crippen molar-refractivity contribution >= 4 is 23.5 Å². The zero-order valence-electron chi connectivity index (χ0n) is 8.16. The summed E-state index contributed by atoms with van der Waals surface area (Å²) >= 11 is 3.86. The summed E-state index contributed by atoms with van der Waals surface area (Å²) in [6, 6.07) is 0. The van der Waals surface area contributed by atoms with E-state index in [0.29, 0.717) is 5.25 Å². The number of hydrogen-bond donors (Lipinski definition) is 1. The molecule has 2 rings (SSSR count). The zero-order valence-corrected chi connectivity index (χ0v) is 9.79. The molecule has 13 heavy (non-hydrogen) atoms. The topological polar surface area (TPSA) is 20.2 Å². The van der Waals surface area contributed by atoms with Crippen LogP contribution in [0.5, 0.6) is 0 Å². The molecular formula is C10H18OS2. The summed E-state index contributed by atoms with van der Waals surface area (Å²) in [5.74, 6) is 1.15. The standard InChI is InChI=1S/C10H18OS2/c1-2-8-7-12-10(11)6-4-3-5-9(10)13-8/h8-9,11H,2-7H2,1H3. The SMILES string of the molecule is CCC1CSC2(O)CCCCC2S1. The van der Waals surface area contributed by atoms with Crippen LogP contribution in [0.1, 0.15) is 39.0 Å². The second-order valence-corrected chi connectivity index (χ2v) is 6.89. The van der Waals surface area contributed by atoms with Gasteiger partial charge in [0.15, 0.2) is 0 Å². The highest BCUT2D eigenvalue weighted by Crippen LogP contribution is 2.50. The Hall–Kier alpha value is 0.660. The maximum Gasteiger partial charge on any atom is 0.122 e. The minimum Gasteiger partial charge on any atom is -0.378 e. The van der Waals surface area contributed by atoms with E-state index < -0.39 is 0 Å². The average Bonchev–Trinajstić information content (AvgIpc) is 2.16. The fourth-order valence-electron chi connectivity index (χ4n) is 2.16. The van der Waals surface area contributed by atoms with Crippen molar-refractivity contribution in [1.29, 1.82) is 0 Å². The average molecular weight is 218 g/mol. The fraction of sp³-hybridized carbons (Fsp3) is 1.00. The summed E-state index contributed by atoms with van der Waals surface area (Å²) < 4.78 is 0. The number of aliphatic hydroxyl groups is 1. The molecule has 3 heteroatoms. The Morgan fingerprint density at radius 3 is 3.08 bits per heavy atom. The molecule has 0 aromatic heterocycles. The van der Waals surface area contributed by atoms with E-state index in [1.165, 1.54) is 25.7 Å². The van der Waals surface area contributed by atoms with Crippen molar-refractivity contribution in [2.24, 2.45) is 0 Å². The molecule has 0 aromatic carbocycles. The van der Waals surface area contributed by atoms with Crippen LogP contribution in [0.15, 0.2) is 0 Å². The third-order valence-electron chi connectivity index (χ3n) is 3.09. The Kier molecular flexibility index (Phi) is 3.16. The Morgan fingerprint density at radius 2 is 2.31 bits per heavy atom. The van der Waals surface area contributed by atoms with Gasteiger partial charge in [0.1, 0.15) is 4.93 Å². The molecule has 1 saturated heterocycles. The molecular weight excluding hydrogens is 200 g/mol. The third-order valence-corrected chi connectivity index (χ3v) is 6.84. The van der Waals surface area contributed by atoms with Gasteiger partial charge in [0, 0.05) is 16.3 Å². The summed E-state index contributed by atoms with van der Waals surface area (Å²) in [4.78, 5) is -0.366. The number of thioether (sulfide) groups is 2. The predicted octanol–water partition coefficient (Wildman–Crippen LogP) is 2.88. The largest absolute Gasteiger partial charge is 0.378 e. The molecule has 1 nitrogen and oxygen atoms in total. The van der Waals surface area contributed by atoms with Crippen LogP contribution in [0.4, 0.5) is 0 Å². The lowest BCUT2D eigenvalue weighted by molar-refractivity contribution is 0.0999. The smallest absolute Gasteiger partial charge is 0.122 e. The van der Waals surface area contributed by atoms with Gasteiger partial charge in [0.05, 0.1) is 0 Å². The second-order valence-electron chi connectivity index (χ2n) is 4.06. The Morgan fingerprint density at radius 1 is 1.46 bits per heavy atom. The van der Waals surface area contributed by atoms with Gasteiger partial charge in [-0.2, -0.15) is 11.8 Å². The van der Waals surface area contributed by atoms with Crippen LogP contribution < -0.4 is 0 Å². The van der Waals surface area contributed by atoms with Crippen LogP contribution in [-0.4, -0.2) is 26.3 Å². The van der Waals surface area contributed by atoms with E-state index in [1.807, 2.05) is 23.5 Å². The van der Waals surface area contributed by atoms with E-state index in [1.54, 1.807) is 0 Å². The van der Waals surface area contributed by atoms with Crippen molar-refractivity contribution in [1.82, 2.24) is 0 Å². The lowest BCUT2D eigenvalue weighted by Crippen LogP contribution is -2.45. The monoisotopic (exact) mass is 218 g/mol. The van der Waals surface area contributed by atoms with Crippen LogP contribution >= 0.6 is 23.5 Å². The molecule has 0 radical (unpaired) electrons. The summed E-state index contributed by atoms with van der Waals surface area (Å²) in [5, 5.41) is 11.7. The van der Waals surface area contributed by atoms with Crippen LogP contribution in [0.25, 0.3) is 0 Å². The molecule has 2 aliphatic rings. The summed E-state index contributed by atoms with van der Waals surface area (Å²) in [7, 11) is 0. The van der Waals surface area contributed by atoms with E-state index in [-0.39, 0.29) is 4.93 Å². The third kappa shape index (κ3) is 2.02. The van der Waals surface area contributed by atoms with Gasteiger partial charge in [0.2, 0.25) is 0 Å². The number of fused-ring (bicyclic) bond motifs is 1. The van der Waals surface area contributed by atoms with Gasteiger partial charge in [-0.05, 0) is 25.7 Å². The van der Waals surface area contributed by atoms with Crippen molar-refractivity contribution in [3.8, 4) is 0 Å². The van der Waals surface area contributed by atoms with Gasteiger partial charge >= 0.3 is 0 Å². The molecule has 2 fully saturated rings. The van der Waals surface area contributed by atoms with Crippen molar-refractivity contribution < 1.29 is 5.11 Å². The van der Waals surface area contributed by atoms with Gasteiger partial charge in [-0.3, -0.25) is 0 Å². The Balaban J connectivity index is 2.01. The molecule has 0 spiro atoms. The highest BCUT2D eigenvalue weighted by Gasteiger charge is 2.44. The van der Waals surface area contributed by atoms with E-state index in [0.717, 1.165) is 17.4 Å². The van der Waals surface area contributed by atoms with Crippen LogP contribution in [-0.2, 0) is 0 Å². The first kappa shape index (κ1) is 10.2. The Labute approximate surface area is 89.1 Å². The minimum absolute atomic E-state index is 0.366. The first-order valence-electron chi connectivity index (χ1n) is 5.26. The van der Waals surface area contributed by atoms with E-state index in [4.69, 9.17) is 0 Å². The zero-order chi connectivity index (χ0) is 9.31. The molecule has 1 heterocycles. The molecule has 0 bridgehead atoms. The van der Waals surface area contributed by atoms with E-state index in [2.05, 4.69) is 6.92 Å². The first-order valence-corrected chi connectivity index (χ1v) is 7.19. The van der Waals surface area contributed by atoms with Gasteiger partial charge in [0.25, 0.3) is 0 Å². The van der Waals surface area contributed by atoms with E-state index >= 15 is 0 Å². The van der Waals surface area contributed by atoms with E-state index in [9.17, 15) is 5.11 Å². The highest BCUT2D eigenvalue weighted by atomic mass is 32.2. The highest BCUT2D eigenvalue weighted by molar-refractivity contribution is 8.07. The molecule has 3 atom stereocenters. The van der Waals surface area contributed by atoms with Gasteiger partial charge in [-0.25, -0.2) is 0 Å². The molecule has 76 valence electrons. The van der Waals surface area contributed by atoms with Gasteiger partial charge < -0.3 is 5.11 Å². The summed E-state index contributed by atoms with van der Waals surface area (Å²) in [5.41, 5.74) is 0. The molecule has 0 amide bonds. The molecule has 1 aliphatic carbocycles. The van der Waals surface area contributed by atoms with Crippen molar-refractivity contribution in [3.05, 3.63) is 0 Å². The van der Waals surface area contributed by atoms with Crippen molar-refractivity contribution in [2.45, 2.75) is 54.5 Å². The lowest BCUT2D eigenvalue weighted by Gasteiger charge is -2.44. The number of hydrogen-bond acceptors (Lipinski definition) is 3. The van der Waals surface area contributed by atoms with Gasteiger partial charge in [-0.1, -0.05) is 13.3 Å². The summed E-state index contributed by atoms with van der Waals surface area (Å²) in [6.07, 6.45) is 6.04. The molecule has 0 aromatic rings. The second kappa shape index (κ2) is 4.03. The van der Waals surface area contributed by atoms with Crippen molar-refractivity contribution in [2.75, 3.05) is 5.75 Å². The molecule has 1 saturated carbocycles. The molecule has 3 unspecified atom stereocenters. The maximum atomic E-state index is 10.3. The predicted molar refractivity (Wildman–Crippen MR) is 61.3 cm³/mol. The number of rotatable bonds is 1. The Bertz CT molecular complexity index is 186.